The van der Waals surface area contributed by atoms with Crippen LogP contribution >= 0.6 is 0 Å². The molecule has 0 heterocycles. The summed E-state index contributed by atoms with van der Waals surface area (Å²) in [6.07, 6.45) is -0.588. The number of amides is 13. The van der Waals surface area contributed by atoms with Gasteiger partial charge in [0.2, 0.25) is 76.8 Å². The molecule has 47 heteroatoms. The Hall–Kier alpha value is -12.3. The lowest BCUT2D eigenvalue weighted by molar-refractivity contribution is -0.136. The van der Waals surface area contributed by atoms with Gasteiger partial charge in [-0.1, -0.05) is 12.1 Å². The zero-order valence-electron chi connectivity index (χ0n) is 64.9. The molecule has 1 rings (SSSR count). The van der Waals surface area contributed by atoms with E-state index in [1.165, 1.54) is 26.1 Å². The van der Waals surface area contributed by atoms with Crippen molar-refractivity contribution in [2.45, 2.75) is 202 Å². The normalized spacial score (nSPS) is 13.6. The summed E-state index contributed by atoms with van der Waals surface area (Å²) < 4.78 is 0. The van der Waals surface area contributed by atoms with E-state index < -0.39 is 157 Å². The van der Waals surface area contributed by atoms with Crippen molar-refractivity contribution in [2.75, 3.05) is 66.0 Å². The number of aliphatic imine (C=N–C) groups is 6. The molecule has 10 atom stereocenters. The van der Waals surface area contributed by atoms with Crippen LogP contribution in [0.3, 0.4) is 0 Å². The maximum atomic E-state index is 14.9. The van der Waals surface area contributed by atoms with Gasteiger partial charge in [-0.05, 0) is 153 Å². The van der Waals surface area contributed by atoms with Gasteiger partial charge in [-0.15, -0.1) is 0 Å². The van der Waals surface area contributed by atoms with Gasteiger partial charge in [0, 0.05) is 66.1 Å². The molecule has 0 aliphatic heterocycles. The zero-order valence-corrected chi connectivity index (χ0v) is 64.9. The first-order valence-electron chi connectivity index (χ1n) is 37.3. The van der Waals surface area contributed by atoms with E-state index in [1.807, 2.05) is 0 Å². The predicted molar refractivity (Wildman–Crippen MR) is 428 cm³/mol. The smallest absolute Gasteiger partial charge is 0.243 e. The van der Waals surface area contributed by atoms with Gasteiger partial charge in [0.25, 0.3) is 0 Å². The fourth-order valence-corrected chi connectivity index (χ4v) is 10.9. The summed E-state index contributed by atoms with van der Waals surface area (Å²) in [5.74, 6) is -13.1. The maximum Gasteiger partial charge on any atom is 0.243 e. The molecule has 0 spiro atoms. The van der Waals surface area contributed by atoms with Crippen LogP contribution in [-0.4, -0.2) is 244 Å². The Morgan fingerprint density at radius 2 is 0.649 bits per heavy atom. The van der Waals surface area contributed by atoms with Crippen LogP contribution in [0.25, 0.3) is 0 Å². The van der Waals surface area contributed by atoms with E-state index in [4.69, 9.17) is 86.0 Å². The quantitative estimate of drug-likeness (QED) is 0.0164. The second-order valence-electron chi connectivity index (χ2n) is 26.3. The minimum absolute atomic E-state index is 0.00184. The van der Waals surface area contributed by atoms with Gasteiger partial charge in [0.15, 0.2) is 35.8 Å². The third-order valence-corrected chi connectivity index (χ3v) is 16.8. The molecule has 0 radical (unpaired) electrons. The Labute approximate surface area is 661 Å². The van der Waals surface area contributed by atoms with E-state index in [9.17, 15) is 67.4 Å². The van der Waals surface area contributed by atoms with E-state index in [-0.39, 0.29) is 203 Å². The van der Waals surface area contributed by atoms with Crippen LogP contribution < -0.4 is 150 Å². The highest BCUT2D eigenvalue weighted by molar-refractivity contribution is 5.99. The van der Waals surface area contributed by atoms with Crippen LogP contribution in [0.4, 0.5) is 0 Å². The summed E-state index contributed by atoms with van der Waals surface area (Å²) in [5, 5.41) is 41.0. The number of phenols is 1. The molecule has 0 fully saturated rings. The van der Waals surface area contributed by atoms with Crippen molar-refractivity contribution in [3.8, 4) is 5.75 Å². The molecule has 47 nitrogen and oxygen atoms in total. The molecule has 0 saturated carbocycles. The average molecular weight is 1610 g/mol. The van der Waals surface area contributed by atoms with Gasteiger partial charge < -0.3 is 155 Å². The molecule has 0 aliphatic carbocycles. The number of hydrogen-bond donors (Lipinski definition) is 28. The molecule has 640 valence electrons. The van der Waals surface area contributed by atoms with E-state index in [0.29, 0.717) is 18.4 Å². The number of hydrogen-bond acceptors (Lipinski definition) is 22. The number of carbonyl (C=O) groups is 13. The first-order valence-corrected chi connectivity index (χ1v) is 37.3. The van der Waals surface area contributed by atoms with Crippen LogP contribution in [0.2, 0.25) is 0 Å². The third kappa shape index (κ3) is 45.7. The number of primary amides is 2. The fourth-order valence-electron chi connectivity index (χ4n) is 10.9. The number of nitrogens with one attached hydrogen (secondary N) is 12. The molecule has 1 aromatic carbocycles. The zero-order chi connectivity index (χ0) is 85.7. The summed E-state index contributed by atoms with van der Waals surface area (Å²) in [5.41, 5.74) is 85.0. The number of benzene rings is 1. The summed E-state index contributed by atoms with van der Waals surface area (Å²) in [7, 11) is 1.46. The van der Waals surface area contributed by atoms with Crippen molar-refractivity contribution in [3.05, 3.63) is 29.8 Å². The molecule has 13 amide bonds. The average Bonchev–Trinajstić information content (AvgIpc) is 0.860. The Kier molecular flexibility index (Phi) is 49.7. The highest BCUT2D eigenvalue weighted by Gasteiger charge is 2.36. The Balaban J connectivity index is 3.92. The Morgan fingerprint density at radius 3 is 0.939 bits per heavy atom. The van der Waals surface area contributed by atoms with Crippen molar-refractivity contribution in [1.82, 2.24) is 63.8 Å². The minimum Gasteiger partial charge on any atom is -0.508 e. The molecule has 43 N–H and O–H groups in total. The summed E-state index contributed by atoms with van der Waals surface area (Å²) in [4.78, 5) is 205. The van der Waals surface area contributed by atoms with Gasteiger partial charge in [-0.3, -0.25) is 92.3 Å². The van der Waals surface area contributed by atoms with Gasteiger partial charge in [0.05, 0.1) is 6.54 Å². The lowest BCUT2D eigenvalue weighted by atomic mass is 10.0. The summed E-state index contributed by atoms with van der Waals surface area (Å²) >= 11 is 0. The molecule has 0 saturated heterocycles. The van der Waals surface area contributed by atoms with Gasteiger partial charge in [-0.25, -0.2) is 0 Å². The van der Waals surface area contributed by atoms with E-state index in [1.54, 1.807) is 12.1 Å². The topological polar surface area (TPSA) is 851 Å². The van der Waals surface area contributed by atoms with Crippen molar-refractivity contribution >= 4 is 113 Å². The largest absolute Gasteiger partial charge is 0.508 e. The number of unbranched alkanes of at least 4 members (excludes halogenated alkanes) is 2. The van der Waals surface area contributed by atoms with Crippen molar-refractivity contribution in [3.63, 3.8) is 0 Å². The third-order valence-electron chi connectivity index (χ3n) is 16.8. The second-order valence-corrected chi connectivity index (χ2v) is 26.3. The van der Waals surface area contributed by atoms with Gasteiger partial charge >= 0.3 is 0 Å². The first-order chi connectivity index (χ1) is 54.0. The summed E-state index contributed by atoms with van der Waals surface area (Å²) in [6, 6.07) is -8.78. The first kappa shape index (κ1) is 99.7. The highest BCUT2D eigenvalue weighted by atomic mass is 16.3. The SMILES string of the molecule is CN=C(N)NCCC[C@H](NC(=O)[C@H](CCCN=C(N)N)NC(=O)[C@H](CCCN=C(N)N)NC(=O)[C@H](CCC(N)=O)NC(=O)[C@H](CCCN=C(N)N)NC(=O)[C@H](CCCN=C(N)N)NC(=O)[C@H](CCCCN)NC(=O)[C@H](CCCCN)NC(=O)[C@H](CCCN=C(N)N)NC(=O)CNC(=O)[C@H](Cc1ccc(O)cc1)NC(C)=O)C(N)=O. The Morgan fingerprint density at radius 1 is 0.351 bits per heavy atom. The van der Waals surface area contributed by atoms with E-state index in [0.717, 1.165) is 0 Å². The number of phenolic OH excluding ortho intramolecular Hbond substituents is 1. The van der Waals surface area contributed by atoms with E-state index >= 15 is 0 Å². The number of guanidine groups is 6. The van der Waals surface area contributed by atoms with Gasteiger partial charge in [0.1, 0.15) is 66.2 Å². The number of rotatable bonds is 59. The van der Waals surface area contributed by atoms with Crippen LogP contribution in [0.5, 0.6) is 5.75 Å². The minimum atomic E-state index is -1.73. The molecule has 0 aromatic heterocycles. The fraction of sp³-hybridized carbons (Fsp3) is 0.627. The van der Waals surface area contributed by atoms with E-state index in [2.05, 4.69) is 93.8 Å². The molecular formula is C67H123N33O14. The molecular weight excluding hydrogens is 1490 g/mol. The standard InChI is InChI=1S/C67H123N33O14/c1-37(101)91-49(35-38-21-23-39(102)24-22-38)53(106)90-36-51(104)92-41(16-8-29-84-62(72)73)54(107)94-42(13-3-5-27-68)56(109)95-43(14-4-6-28-69)57(110)97-45(18-10-31-86-64(76)77)58(111)98-47(20-12-33-88-66(80)81)60(113)100-48(25-26-50(70)103)61(114)99-46(19-11-32-87-65(78)79)59(112)96-44(17-9-30-85-63(74)75)55(108)93-40(52(71)105)15-7-34-89-67(82)83-2/h21-24,40-49,102H,3-20,25-36,68-69H2,1-2H3,(H2,70,103)(H2,71,105)(H,90,106)(H,91,101)(H,92,104)(H,93,108)(H,94,107)(H,95,109)(H,96,112)(H,97,110)(H,98,111)(H,99,114)(H,100,113)(H4,72,73,84)(H4,74,75,85)(H4,76,77,86)(H4,78,79,87)(H4,80,81,88)(H3,82,83,89)/t40-,41-,42-,43-,44-,45-,46-,47-,48-,49-/m0/s1. The number of nitrogens with zero attached hydrogens (tertiary/aromatic N) is 6. The monoisotopic (exact) mass is 1610 g/mol. The molecule has 1 aromatic rings. The van der Waals surface area contributed by atoms with Crippen LogP contribution in [0.15, 0.2) is 54.2 Å². The number of aromatic hydroxyl groups is 1. The molecule has 0 unspecified atom stereocenters. The van der Waals surface area contributed by atoms with Crippen LogP contribution in [0, 0.1) is 0 Å². The number of carbonyl (C=O) groups excluding carboxylic acids is 13. The van der Waals surface area contributed by atoms with Crippen LogP contribution in [0.1, 0.15) is 141 Å². The highest BCUT2D eigenvalue weighted by Crippen LogP contribution is 2.15. The van der Waals surface area contributed by atoms with Crippen molar-refractivity contribution in [1.29, 1.82) is 0 Å². The van der Waals surface area contributed by atoms with Crippen molar-refractivity contribution < 1.29 is 67.4 Å². The predicted octanol–water partition coefficient (Wildman–Crippen LogP) is -11.5. The van der Waals surface area contributed by atoms with Crippen LogP contribution in [-0.2, 0) is 68.7 Å². The maximum absolute atomic E-state index is 14.9. The summed E-state index contributed by atoms with van der Waals surface area (Å²) in [6.45, 7) is 0.778. The second kappa shape index (κ2) is 56.8. The Bertz CT molecular complexity index is 3430. The van der Waals surface area contributed by atoms with Crippen molar-refractivity contribution in [2.24, 2.45) is 116 Å². The molecule has 0 bridgehead atoms. The number of nitrogens with two attached hydrogens (primary N) is 15. The molecule has 114 heavy (non-hydrogen) atoms. The lowest BCUT2D eigenvalue weighted by Crippen LogP contribution is -2.60. The lowest BCUT2D eigenvalue weighted by Gasteiger charge is -2.28. The van der Waals surface area contributed by atoms with Gasteiger partial charge in [-0.2, -0.15) is 0 Å². The molecule has 0 aliphatic rings.